The van der Waals surface area contributed by atoms with Gasteiger partial charge >= 0.3 is 0 Å². The molecular formula is C11H24O6S2. The molecule has 0 aromatic rings. The molecule has 6 nitrogen and oxygen atoms in total. The second-order valence-electron chi connectivity index (χ2n) is 4.53. The van der Waals surface area contributed by atoms with E-state index in [0.29, 0.717) is 0 Å². The van der Waals surface area contributed by atoms with Gasteiger partial charge in [-0.15, -0.1) is 0 Å². The van der Waals surface area contributed by atoms with Gasteiger partial charge in [0.25, 0.3) is 20.2 Å². The molecule has 0 rings (SSSR count). The van der Waals surface area contributed by atoms with Gasteiger partial charge in [-0.2, -0.15) is 16.8 Å². The van der Waals surface area contributed by atoms with E-state index >= 15 is 0 Å². The Bertz CT molecular complexity index is 372. The van der Waals surface area contributed by atoms with Gasteiger partial charge < -0.3 is 0 Å². The molecule has 0 aliphatic carbocycles. The van der Waals surface area contributed by atoms with Crippen LogP contribution in [0.25, 0.3) is 0 Å². The van der Waals surface area contributed by atoms with Crippen LogP contribution in [0.3, 0.4) is 0 Å². The van der Waals surface area contributed by atoms with Crippen molar-refractivity contribution in [3.05, 3.63) is 0 Å². The van der Waals surface area contributed by atoms with Gasteiger partial charge in [-0.05, 0) is 12.8 Å². The monoisotopic (exact) mass is 316 g/mol. The first-order valence-electron chi connectivity index (χ1n) is 6.39. The third kappa shape index (κ3) is 17.8. The minimum atomic E-state index is -3.31. The summed E-state index contributed by atoms with van der Waals surface area (Å²) >= 11 is 0. The van der Waals surface area contributed by atoms with Gasteiger partial charge in [0, 0.05) is 0 Å². The highest BCUT2D eigenvalue weighted by atomic mass is 32.2. The van der Waals surface area contributed by atoms with Gasteiger partial charge in [-0.3, -0.25) is 8.37 Å². The van der Waals surface area contributed by atoms with Crippen LogP contribution in [0.15, 0.2) is 0 Å². The van der Waals surface area contributed by atoms with Gasteiger partial charge in [0.15, 0.2) is 0 Å². The van der Waals surface area contributed by atoms with Gasteiger partial charge in [0.2, 0.25) is 0 Å². The standard InChI is InChI=1S/C11H24O6S2/c1-18(12,13)16-10-8-6-4-3-5-7-9-11-17-19(2,14)15/h3-11H2,1-2H3. The molecule has 0 aromatic heterocycles. The van der Waals surface area contributed by atoms with Crippen molar-refractivity contribution in [1.29, 1.82) is 0 Å². The third-order valence-electron chi connectivity index (χ3n) is 2.38. The van der Waals surface area contributed by atoms with Crippen molar-refractivity contribution in [3.63, 3.8) is 0 Å². The summed E-state index contributed by atoms with van der Waals surface area (Å²) in [6, 6.07) is 0. The molecule has 0 radical (unpaired) electrons. The van der Waals surface area contributed by atoms with Crippen molar-refractivity contribution in [2.75, 3.05) is 25.7 Å². The zero-order valence-electron chi connectivity index (χ0n) is 11.6. The normalized spacial score (nSPS) is 12.7. The predicted octanol–water partition coefficient (Wildman–Crippen LogP) is 1.67. The van der Waals surface area contributed by atoms with Crippen LogP contribution in [-0.4, -0.2) is 42.6 Å². The molecule has 0 saturated heterocycles. The molecule has 19 heavy (non-hydrogen) atoms. The molecule has 0 atom stereocenters. The average molecular weight is 316 g/mol. The summed E-state index contributed by atoms with van der Waals surface area (Å²) in [6.07, 6.45) is 8.56. The fourth-order valence-electron chi connectivity index (χ4n) is 1.51. The zero-order valence-corrected chi connectivity index (χ0v) is 13.3. The molecule has 0 aliphatic heterocycles. The number of rotatable bonds is 12. The molecule has 0 bridgehead atoms. The van der Waals surface area contributed by atoms with E-state index < -0.39 is 20.2 Å². The summed E-state index contributed by atoms with van der Waals surface area (Å²) in [5, 5.41) is 0. The molecule has 0 N–H and O–H groups in total. The Hall–Kier alpha value is -0.180. The van der Waals surface area contributed by atoms with Crippen molar-refractivity contribution in [3.8, 4) is 0 Å². The molecule has 0 saturated carbocycles. The summed E-state index contributed by atoms with van der Waals surface area (Å²) in [5.74, 6) is 0. The molecule has 0 amide bonds. The predicted molar refractivity (Wildman–Crippen MR) is 73.9 cm³/mol. The minimum Gasteiger partial charge on any atom is -0.270 e. The first-order valence-corrected chi connectivity index (χ1v) is 10.0. The highest BCUT2D eigenvalue weighted by Gasteiger charge is 2.01. The fraction of sp³-hybridized carbons (Fsp3) is 1.00. The summed E-state index contributed by atoms with van der Waals surface area (Å²) in [7, 11) is -6.61. The van der Waals surface area contributed by atoms with Crippen molar-refractivity contribution in [2.45, 2.75) is 44.9 Å². The third-order valence-corrected chi connectivity index (χ3v) is 3.57. The Morgan fingerprint density at radius 3 is 1.11 bits per heavy atom. The fourth-order valence-corrected chi connectivity index (χ4v) is 2.35. The average Bonchev–Trinajstić information content (AvgIpc) is 2.22. The second kappa shape index (κ2) is 9.68. The Kier molecular flexibility index (Phi) is 9.59. The molecule has 0 aromatic carbocycles. The summed E-state index contributed by atoms with van der Waals surface area (Å²) in [5.41, 5.74) is 0. The van der Waals surface area contributed by atoms with Crippen LogP contribution < -0.4 is 0 Å². The van der Waals surface area contributed by atoms with Crippen LogP contribution in [0.5, 0.6) is 0 Å². The van der Waals surface area contributed by atoms with E-state index in [9.17, 15) is 16.8 Å². The van der Waals surface area contributed by atoms with E-state index in [1.165, 1.54) is 0 Å². The minimum absolute atomic E-state index is 0.251. The molecule has 0 heterocycles. The van der Waals surface area contributed by atoms with Gasteiger partial charge in [0.05, 0.1) is 25.7 Å². The largest absolute Gasteiger partial charge is 0.270 e. The molecule has 0 aliphatic rings. The topological polar surface area (TPSA) is 86.7 Å². The SMILES string of the molecule is CS(=O)(=O)OCCCCCCCCCOS(C)(=O)=O. The molecule has 0 fully saturated rings. The van der Waals surface area contributed by atoms with E-state index in [1.54, 1.807) is 0 Å². The quantitative estimate of drug-likeness (QED) is 0.402. The lowest BCUT2D eigenvalue weighted by atomic mass is 10.1. The van der Waals surface area contributed by atoms with E-state index in [1.807, 2.05) is 0 Å². The Morgan fingerprint density at radius 2 is 0.842 bits per heavy atom. The Labute approximate surface area is 116 Å². The second-order valence-corrected chi connectivity index (χ2v) is 7.81. The van der Waals surface area contributed by atoms with Crippen molar-refractivity contribution in [1.82, 2.24) is 0 Å². The molecule has 0 unspecified atom stereocenters. The highest BCUT2D eigenvalue weighted by molar-refractivity contribution is 7.86. The Balaban J connectivity index is 3.20. The summed E-state index contributed by atoms with van der Waals surface area (Å²) in [6.45, 7) is 0.502. The lowest BCUT2D eigenvalue weighted by Crippen LogP contribution is -2.04. The van der Waals surface area contributed by atoms with E-state index in [-0.39, 0.29) is 13.2 Å². The summed E-state index contributed by atoms with van der Waals surface area (Å²) in [4.78, 5) is 0. The number of hydrogen-bond acceptors (Lipinski definition) is 6. The number of hydrogen-bond donors (Lipinski definition) is 0. The summed E-state index contributed by atoms with van der Waals surface area (Å²) < 4.78 is 51.9. The van der Waals surface area contributed by atoms with Crippen molar-refractivity contribution >= 4 is 20.2 Å². The van der Waals surface area contributed by atoms with Gasteiger partial charge in [-0.1, -0.05) is 32.1 Å². The number of unbranched alkanes of at least 4 members (excludes halogenated alkanes) is 6. The van der Waals surface area contributed by atoms with Crippen molar-refractivity contribution in [2.24, 2.45) is 0 Å². The van der Waals surface area contributed by atoms with Crippen LogP contribution in [0.4, 0.5) is 0 Å². The first kappa shape index (κ1) is 18.8. The van der Waals surface area contributed by atoms with Crippen LogP contribution in [0, 0.1) is 0 Å². The van der Waals surface area contributed by atoms with Crippen LogP contribution >= 0.6 is 0 Å². The maximum atomic E-state index is 10.7. The maximum absolute atomic E-state index is 10.7. The van der Waals surface area contributed by atoms with Crippen LogP contribution in [0.1, 0.15) is 44.9 Å². The van der Waals surface area contributed by atoms with Crippen molar-refractivity contribution < 1.29 is 25.2 Å². The van der Waals surface area contributed by atoms with E-state index in [0.717, 1.165) is 57.5 Å². The van der Waals surface area contributed by atoms with Gasteiger partial charge in [0.1, 0.15) is 0 Å². The van der Waals surface area contributed by atoms with Crippen LogP contribution in [-0.2, 0) is 28.6 Å². The molecule has 116 valence electrons. The smallest absolute Gasteiger partial charge is 0.264 e. The molecular weight excluding hydrogens is 292 g/mol. The lowest BCUT2D eigenvalue weighted by molar-refractivity contribution is 0.306. The molecule has 0 spiro atoms. The maximum Gasteiger partial charge on any atom is 0.264 e. The van der Waals surface area contributed by atoms with E-state index in [2.05, 4.69) is 8.37 Å². The zero-order chi connectivity index (χ0) is 14.8. The first-order chi connectivity index (χ1) is 8.71. The lowest BCUT2D eigenvalue weighted by Gasteiger charge is -2.03. The molecule has 8 heteroatoms. The van der Waals surface area contributed by atoms with Gasteiger partial charge in [-0.25, -0.2) is 0 Å². The van der Waals surface area contributed by atoms with E-state index in [4.69, 9.17) is 0 Å². The Morgan fingerprint density at radius 1 is 0.579 bits per heavy atom. The highest BCUT2D eigenvalue weighted by Crippen LogP contribution is 2.08. The van der Waals surface area contributed by atoms with Crippen LogP contribution in [0.2, 0.25) is 0 Å².